The van der Waals surface area contributed by atoms with Gasteiger partial charge in [-0.25, -0.2) is 18.6 Å². The molecule has 3 aromatic rings. The number of nitrogens with two attached hydrogens (primary N) is 1. The summed E-state index contributed by atoms with van der Waals surface area (Å²) < 4.78 is 29.3. The number of hydrogen-bond acceptors (Lipinski definition) is 5. The zero-order valence-electron chi connectivity index (χ0n) is 15.2. The molecule has 0 unspecified atom stereocenters. The summed E-state index contributed by atoms with van der Waals surface area (Å²) in [6, 6.07) is 16.0. The first kappa shape index (κ1) is 20.1. The van der Waals surface area contributed by atoms with Crippen molar-refractivity contribution in [1.29, 1.82) is 0 Å². The number of halogens is 1. The van der Waals surface area contributed by atoms with Crippen LogP contribution in [-0.4, -0.2) is 20.2 Å². The van der Waals surface area contributed by atoms with Crippen LogP contribution in [0.15, 0.2) is 80.0 Å². The van der Waals surface area contributed by atoms with E-state index in [1.165, 1.54) is 18.2 Å². The van der Waals surface area contributed by atoms with Crippen molar-refractivity contribution in [3.8, 4) is 11.3 Å². The summed E-state index contributed by atoms with van der Waals surface area (Å²) in [7, 11) is -3.78. The van der Waals surface area contributed by atoms with Gasteiger partial charge in [-0.15, -0.1) is 0 Å². The SMILES string of the molecule is NS(=O)(=O)c1ccc(-c2ccc(C=C3C(=O)NN(c4ccc(Br)cc4)C3=O)o2)cc1. The molecule has 0 spiro atoms. The Morgan fingerprint density at radius 2 is 1.63 bits per heavy atom. The third kappa shape index (κ3) is 3.92. The first-order chi connectivity index (χ1) is 14.2. The molecule has 30 heavy (non-hydrogen) atoms. The number of benzene rings is 2. The normalized spacial score (nSPS) is 15.7. The van der Waals surface area contributed by atoms with Gasteiger partial charge in [-0.2, -0.15) is 0 Å². The number of carbonyl (C=O) groups excluding carboxylic acids is 2. The lowest BCUT2D eigenvalue weighted by atomic mass is 10.2. The second-order valence-electron chi connectivity index (χ2n) is 6.39. The van der Waals surface area contributed by atoms with E-state index in [0.717, 1.165) is 9.48 Å². The minimum atomic E-state index is -3.78. The summed E-state index contributed by atoms with van der Waals surface area (Å²) >= 11 is 3.32. The van der Waals surface area contributed by atoms with Gasteiger partial charge in [0.25, 0.3) is 11.8 Å². The third-order valence-corrected chi connectivity index (χ3v) is 5.81. The summed E-state index contributed by atoms with van der Waals surface area (Å²) in [5.41, 5.74) is 3.59. The van der Waals surface area contributed by atoms with Crippen molar-refractivity contribution < 1.29 is 22.4 Å². The zero-order valence-corrected chi connectivity index (χ0v) is 17.6. The molecular weight excluding hydrogens is 474 g/mol. The van der Waals surface area contributed by atoms with E-state index in [-0.39, 0.29) is 10.5 Å². The molecule has 10 heteroatoms. The number of furan rings is 1. The van der Waals surface area contributed by atoms with Gasteiger partial charge in [-0.05, 0) is 66.7 Å². The van der Waals surface area contributed by atoms with Gasteiger partial charge in [-0.3, -0.25) is 15.0 Å². The molecule has 2 aromatic carbocycles. The van der Waals surface area contributed by atoms with E-state index in [2.05, 4.69) is 21.4 Å². The largest absolute Gasteiger partial charge is 0.457 e. The fourth-order valence-corrected chi connectivity index (χ4v) is 3.65. The van der Waals surface area contributed by atoms with Crippen LogP contribution < -0.4 is 15.6 Å². The molecule has 0 bridgehead atoms. The van der Waals surface area contributed by atoms with Crippen LogP contribution in [0.4, 0.5) is 5.69 Å². The average Bonchev–Trinajstić information content (AvgIpc) is 3.28. The fraction of sp³-hybridized carbons (Fsp3) is 0. The summed E-state index contributed by atoms with van der Waals surface area (Å²) in [6.45, 7) is 0. The van der Waals surface area contributed by atoms with Crippen LogP contribution in [0.1, 0.15) is 5.76 Å². The smallest absolute Gasteiger partial charge is 0.282 e. The minimum Gasteiger partial charge on any atom is -0.457 e. The Bertz CT molecular complexity index is 1280. The second kappa shape index (κ2) is 7.56. The predicted octanol–water partition coefficient (Wildman–Crippen LogP) is 2.82. The molecule has 0 saturated carbocycles. The number of anilines is 1. The highest BCUT2D eigenvalue weighted by atomic mass is 79.9. The molecular formula is C20H14BrN3O5S. The number of amides is 2. The second-order valence-corrected chi connectivity index (χ2v) is 8.86. The number of carbonyl (C=O) groups is 2. The Balaban J connectivity index is 1.58. The van der Waals surface area contributed by atoms with Crippen molar-refractivity contribution >= 4 is 49.5 Å². The maximum atomic E-state index is 12.7. The summed E-state index contributed by atoms with van der Waals surface area (Å²) in [4.78, 5) is 24.9. The number of primary sulfonamides is 1. The quantitative estimate of drug-likeness (QED) is 0.432. The van der Waals surface area contributed by atoms with E-state index < -0.39 is 21.8 Å². The van der Waals surface area contributed by atoms with Crippen molar-refractivity contribution in [2.75, 3.05) is 5.01 Å². The molecule has 1 aliphatic heterocycles. The minimum absolute atomic E-state index is 0.0126. The molecule has 1 saturated heterocycles. The molecule has 8 nitrogen and oxygen atoms in total. The van der Waals surface area contributed by atoms with E-state index in [4.69, 9.17) is 9.56 Å². The number of hydrazine groups is 1. The lowest BCUT2D eigenvalue weighted by molar-refractivity contribution is -0.117. The van der Waals surface area contributed by atoms with E-state index in [9.17, 15) is 18.0 Å². The van der Waals surface area contributed by atoms with E-state index in [1.54, 1.807) is 48.5 Å². The van der Waals surface area contributed by atoms with Crippen molar-refractivity contribution in [3.63, 3.8) is 0 Å². The first-order valence-corrected chi connectivity index (χ1v) is 10.9. The first-order valence-electron chi connectivity index (χ1n) is 8.58. The standard InChI is InChI=1S/C20H14BrN3O5S/c21-13-3-5-14(6-4-13)24-20(26)17(19(25)23-24)11-15-7-10-18(29-15)12-1-8-16(9-2-12)30(22,27)28/h1-11H,(H,23,25)(H2,22,27,28). The van der Waals surface area contributed by atoms with E-state index in [1.807, 2.05) is 0 Å². The fourth-order valence-electron chi connectivity index (χ4n) is 2.87. The van der Waals surface area contributed by atoms with Gasteiger partial charge >= 0.3 is 0 Å². The Kier molecular flexibility index (Phi) is 5.06. The third-order valence-electron chi connectivity index (χ3n) is 4.36. The van der Waals surface area contributed by atoms with Crippen LogP contribution >= 0.6 is 15.9 Å². The summed E-state index contributed by atoms with van der Waals surface area (Å²) in [5.74, 6) is -0.300. The van der Waals surface area contributed by atoms with Gasteiger partial charge in [0.2, 0.25) is 10.0 Å². The Morgan fingerprint density at radius 3 is 2.27 bits per heavy atom. The van der Waals surface area contributed by atoms with Gasteiger partial charge in [0.05, 0.1) is 10.6 Å². The Labute approximate surface area is 180 Å². The molecule has 0 aliphatic carbocycles. The van der Waals surface area contributed by atoms with Crippen molar-refractivity contribution in [2.45, 2.75) is 4.90 Å². The van der Waals surface area contributed by atoms with Crippen LogP contribution in [0.2, 0.25) is 0 Å². The summed E-state index contributed by atoms with van der Waals surface area (Å²) in [5, 5.41) is 6.26. The number of sulfonamides is 1. The van der Waals surface area contributed by atoms with Crippen LogP contribution in [0.25, 0.3) is 17.4 Å². The highest BCUT2D eigenvalue weighted by molar-refractivity contribution is 9.10. The zero-order chi connectivity index (χ0) is 21.5. The van der Waals surface area contributed by atoms with Crippen LogP contribution in [-0.2, 0) is 19.6 Å². The van der Waals surface area contributed by atoms with Crippen molar-refractivity contribution in [3.05, 3.63) is 76.5 Å². The Morgan fingerprint density at radius 1 is 0.967 bits per heavy atom. The van der Waals surface area contributed by atoms with Gasteiger partial charge in [0.1, 0.15) is 17.1 Å². The molecule has 3 N–H and O–H groups in total. The Hall–Kier alpha value is -3.21. The van der Waals surface area contributed by atoms with Crippen LogP contribution in [0.3, 0.4) is 0 Å². The van der Waals surface area contributed by atoms with Gasteiger partial charge in [0, 0.05) is 10.0 Å². The molecule has 2 heterocycles. The molecule has 1 aliphatic rings. The van der Waals surface area contributed by atoms with Gasteiger partial charge in [0.15, 0.2) is 0 Å². The van der Waals surface area contributed by atoms with Gasteiger partial charge in [-0.1, -0.05) is 15.9 Å². The number of nitrogens with zero attached hydrogens (tertiary/aromatic N) is 1. The monoisotopic (exact) mass is 487 g/mol. The van der Waals surface area contributed by atoms with E-state index >= 15 is 0 Å². The maximum absolute atomic E-state index is 12.7. The molecule has 2 amide bonds. The molecule has 0 atom stereocenters. The van der Waals surface area contributed by atoms with E-state index in [0.29, 0.717) is 22.8 Å². The number of nitrogens with one attached hydrogen (secondary N) is 1. The van der Waals surface area contributed by atoms with Crippen LogP contribution in [0.5, 0.6) is 0 Å². The molecule has 0 radical (unpaired) electrons. The number of rotatable bonds is 4. The lowest BCUT2D eigenvalue weighted by Gasteiger charge is -2.14. The molecule has 152 valence electrons. The topological polar surface area (TPSA) is 123 Å². The number of hydrogen-bond donors (Lipinski definition) is 2. The maximum Gasteiger partial charge on any atom is 0.282 e. The van der Waals surface area contributed by atoms with Crippen LogP contribution in [0, 0.1) is 0 Å². The van der Waals surface area contributed by atoms with Gasteiger partial charge < -0.3 is 4.42 Å². The summed E-state index contributed by atoms with van der Waals surface area (Å²) in [6.07, 6.45) is 1.36. The predicted molar refractivity (Wildman–Crippen MR) is 113 cm³/mol. The average molecular weight is 488 g/mol. The van der Waals surface area contributed by atoms with Crippen molar-refractivity contribution in [2.24, 2.45) is 5.14 Å². The molecule has 4 rings (SSSR count). The molecule has 1 fully saturated rings. The highest BCUT2D eigenvalue weighted by Crippen LogP contribution is 2.27. The lowest BCUT2D eigenvalue weighted by Crippen LogP contribution is -2.35. The highest BCUT2D eigenvalue weighted by Gasteiger charge is 2.34. The molecule has 1 aromatic heterocycles. The van der Waals surface area contributed by atoms with Crippen molar-refractivity contribution in [1.82, 2.24) is 5.43 Å².